The van der Waals surface area contributed by atoms with E-state index in [1.165, 1.54) is 0 Å². The SMILES string of the molecule is O=C(O)[SH]1(=O)CCCN1. The Morgan fingerprint density at radius 2 is 2.33 bits per heavy atom. The molecule has 0 aliphatic carbocycles. The first-order valence-corrected chi connectivity index (χ1v) is 4.62. The lowest BCUT2D eigenvalue weighted by Crippen LogP contribution is -2.32. The van der Waals surface area contributed by atoms with Gasteiger partial charge in [0.05, 0.1) is 0 Å². The van der Waals surface area contributed by atoms with Gasteiger partial charge in [-0.25, -0.2) is 4.79 Å². The fourth-order valence-electron chi connectivity index (χ4n) is 0.804. The monoisotopic (exact) mass is 151 g/mol. The third-order valence-electron chi connectivity index (χ3n) is 1.33. The van der Waals surface area contributed by atoms with Crippen LogP contribution < -0.4 is 4.72 Å². The summed E-state index contributed by atoms with van der Waals surface area (Å²) < 4.78 is 13.5. The molecule has 4 nitrogen and oxygen atoms in total. The summed E-state index contributed by atoms with van der Waals surface area (Å²) >= 11 is 0. The van der Waals surface area contributed by atoms with E-state index in [1.54, 1.807) is 0 Å². The zero-order valence-electron chi connectivity index (χ0n) is 4.83. The topological polar surface area (TPSA) is 66.4 Å². The van der Waals surface area contributed by atoms with E-state index in [1.807, 2.05) is 0 Å². The van der Waals surface area contributed by atoms with Crippen molar-refractivity contribution < 1.29 is 14.1 Å². The van der Waals surface area contributed by atoms with Crippen molar-refractivity contribution in [3.63, 3.8) is 0 Å². The molecule has 0 bridgehead atoms. The molecule has 0 saturated carbocycles. The normalized spacial score (nSPS) is 27.6. The molecule has 9 heavy (non-hydrogen) atoms. The fourth-order valence-corrected chi connectivity index (χ4v) is 2.41. The molecule has 1 heterocycles. The van der Waals surface area contributed by atoms with Crippen LogP contribution in [0.15, 0.2) is 0 Å². The minimum Gasteiger partial charge on any atom is -0.472 e. The van der Waals surface area contributed by atoms with Crippen LogP contribution in [0.5, 0.6) is 0 Å². The van der Waals surface area contributed by atoms with Crippen LogP contribution in [-0.2, 0) is 10.1 Å². The van der Waals surface area contributed by atoms with E-state index < -0.39 is 15.4 Å². The third-order valence-corrected chi connectivity index (χ3v) is 3.62. The quantitative estimate of drug-likeness (QED) is 0.412. The number of hydrogen-bond donors (Lipinski definition) is 3. The minimum absolute atomic E-state index is 0.308. The molecule has 1 saturated heterocycles. The Bertz CT molecular complexity index is 169. The van der Waals surface area contributed by atoms with Gasteiger partial charge < -0.3 is 5.11 Å². The molecule has 54 valence electrons. The average Bonchev–Trinajstić information content (AvgIpc) is 2.16. The fraction of sp³-hybridized carbons (Fsp3) is 0.750. The molecular formula is C4H9NO3S. The van der Waals surface area contributed by atoms with E-state index in [2.05, 4.69) is 4.72 Å². The van der Waals surface area contributed by atoms with Gasteiger partial charge in [0.1, 0.15) is 0 Å². The highest BCUT2D eigenvalue weighted by Gasteiger charge is 2.26. The van der Waals surface area contributed by atoms with Crippen molar-refractivity contribution in [2.24, 2.45) is 0 Å². The summed E-state index contributed by atoms with van der Waals surface area (Å²) in [5, 5.41) is 7.17. The lowest BCUT2D eigenvalue weighted by atomic mass is 10.5. The van der Waals surface area contributed by atoms with Crippen LogP contribution in [-0.4, -0.2) is 26.9 Å². The molecule has 0 atom stereocenters. The predicted octanol–water partition coefficient (Wildman–Crippen LogP) is -0.411. The Morgan fingerprint density at radius 1 is 1.67 bits per heavy atom. The Kier molecular flexibility index (Phi) is 1.54. The van der Waals surface area contributed by atoms with E-state index in [0.717, 1.165) is 0 Å². The maximum Gasteiger partial charge on any atom is 0.383 e. The maximum absolute atomic E-state index is 11.0. The highest BCUT2D eigenvalue weighted by molar-refractivity contribution is 8.14. The Labute approximate surface area is 53.8 Å². The van der Waals surface area contributed by atoms with Gasteiger partial charge in [0.15, 0.2) is 0 Å². The number of hydrogen-bond acceptors (Lipinski definition) is 2. The Balaban J connectivity index is 2.74. The van der Waals surface area contributed by atoms with Crippen LogP contribution in [0.3, 0.4) is 0 Å². The number of thiol groups is 1. The average molecular weight is 151 g/mol. The Hall–Kier alpha value is -0.420. The molecule has 0 aromatic carbocycles. The van der Waals surface area contributed by atoms with Crippen molar-refractivity contribution in [2.75, 3.05) is 12.3 Å². The zero-order valence-corrected chi connectivity index (χ0v) is 5.73. The van der Waals surface area contributed by atoms with E-state index >= 15 is 0 Å². The number of nitrogens with one attached hydrogen (secondary N) is 1. The van der Waals surface area contributed by atoms with Crippen molar-refractivity contribution in [3.8, 4) is 0 Å². The summed E-state index contributed by atoms with van der Waals surface area (Å²) in [6, 6.07) is 0. The second-order valence-corrected chi connectivity index (χ2v) is 4.63. The van der Waals surface area contributed by atoms with Gasteiger partial charge in [-0.05, 0) is 6.42 Å². The maximum atomic E-state index is 11.0. The molecular weight excluding hydrogens is 142 g/mol. The molecule has 0 aromatic rings. The summed E-state index contributed by atoms with van der Waals surface area (Å²) in [5.74, 6) is 0.308. The number of carboxylic acid groups (broad SMARTS) is 1. The van der Waals surface area contributed by atoms with Crippen LogP contribution >= 0.6 is 0 Å². The molecule has 0 amide bonds. The first-order chi connectivity index (χ1) is 4.15. The molecule has 0 spiro atoms. The standard InChI is InChI=1S/C4H9NO3S/c6-4(7)9(8)3-1-2-5-9/h9H,1-3H2,(H,5,8)(H,6,7). The summed E-state index contributed by atoms with van der Waals surface area (Å²) in [5.41, 5.74) is 0. The third kappa shape index (κ3) is 1.11. The molecule has 0 unspecified atom stereocenters. The van der Waals surface area contributed by atoms with Gasteiger partial charge in [-0.2, -0.15) is 0 Å². The van der Waals surface area contributed by atoms with Gasteiger partial charge in [0.25, 0.3) is 0 Å². The van der Waals surface area contributed by atoms with Gasteiger partial charge in [-0.15, -0.1) is 0 Å². The molecule has 1 rings (SSSR count). The van der Waals surface area contributed by atoms with Gasteiger partial charge >= 0.3 is 5.30 Å². The summed E-state index contributed by atoms with van der Waals surface area (Å²) in [4.78, 5) is 10.2. The zero-order chi connectivity index (χ0) is 6.91. The van der Waals surface area contributed by atoms with Crippen molar-refractivity contribution in [2.45, 2.75) is 6.42 Å². The van der Waals surface area contributed by atoms with Crippen molar-refractivity contribution in [1.29, 1.82) is 0 Å². The van der Waals surface area contributed by atoms with Crippen molar-refractivity contribution in [3.05, 3.63) is 0 Å². The lowest BCUT2D eigenvalue weighted by molar-refractivity contribution is 0.220. The smallest absolute Gasteiger partial charge is 0.383 e. The molecule has 1 aliphatic heterocycles. The van der Waals surface area contributed by atoms with E-state index in [9.17, 15) is 9.00 Å². The van der Waals surface area contributed by atoms with Gasteiger partial charge in [-0.1, -0.05) is 0 Å². The second-order valence-electron chi connectivity index (χ2n) is 2.01. The number of rotatable bonds is 0. The second kappa shape index (κ2) is 2.07. The Morgan fingerprint density at radius 3 is 2.56 bits per heavy atom. The summed E-state index contributed by atoms with van der Waals surface area (Å²) in [6.45, 7) is 0.573. The largest absolute Gasteiger partial charge is 0.472 e. The van der Waals surface area contributed by atoms with Crippen LogP contribution in [0.4, 0.5) is 4.79 Å². The number of carbonyl (C=O) groups is 1. The molecule has 0 radical (unpaired) electrons. The van der Waals surface area contributed by atoms with Gasteiger partial charge in [-0.3, -0.25) is 8.93 Å². The first kappa shape index (κ1) is 6.70. The molecule has 5 heteroatoms. The molecule has 2 N–H and O–H groups in total. The highest BCUT2D eigenvalue weighted by atomic mass is 32.3. The summed E-state index contributed by atoms with van der Waals surface area (Å²) in [7, 11) is -2.98. The van der Waals surface area contributed by atoms with Gasteiger partial charge in [0, 0.05) is 22.4 Å². The minimum atomic E-state index is -2.98. The predicted molar refractivity (Wildman–Crippen MR) is 35.0 cm³/mol. The van der Waals surface area contributed by atoms with Crippen molar-refractivity contribution >= 4 is 15.4 Å². The van der Waals surface area contributed by atoms with Crippen LogP contribution in [0.25, 0.3) is 0 Å². The molecule has 0 aromatic heterocycles. The van der Waals surface area contributed by atoms with Crippen LogP contribution in [0, 0.1) is 0 Å². The summed E-state index contributed by atoms with van der Waals surface area (Å²) in [6.07, 6.45) is 0.712. The van der Waals surface area contributed by atoms with Crippen LogP contribution in [0.2, 0.25) is 0 Å². The van der Waals surface area contributed by atoms with Gasteiger partial charge in [0.2, 0.25) is 0 Å². The molecule has 1 fully saturated rings. The first-order valence-electron chi connectivity index (χ1n) is 2.73. The highest BCUT2D eigenvalue weighted by Crippen LogP contribution is 2.09. The van der Waals surface area contributed by atoms with E-state index in [4.69, 9.17) is 5.11 Å². The van der Waals surface area contributed by atoms with E-state index in [0.29, 0.717) is 18.7 Å². The lowest BCUT2D eigenvalue weighted by Gasteiger charge is -2.09. The molecule has 1 aliphatic rings. The van der Waals surface area contributed by atoms with Crippen LogP contribution in [0.1, 0.15) is 6.42 Å². The van der Waals surface area contributed by atoms with E-state index in [-0.39, 0.29) is 0 Å². The van der Waals surface area contributed by atoms with Crippen molar-refractivity contribution in [1.82, 2.24) is 4.72 Å².